The van der Waals surface area contributed by atoms with E-state index in [0.717, 1.165) is 12.8 Å². The number of rotatable bonds is 3. The molecular formula is C8H14O3. The number of aliphatic hydroxyl groups excluding tert-OH is 1. The van der Waals surface area contributed by atoms with E-state index in [4.69, 9.17) is 14.6 Å². The van der Waals surface area contributed by atoms with E-state index in [2.05, 4.69) is 0 Å². The molecule has 1 aliphatic carbocycles. The van der Waals surface area contributed by atoms with Gasteiger partial charge in [0.05, 0.1) is 18.8 Å². The Labute approximate surface area is 66.3 Å². The molecule has 1 atom stereocenters. The molecule has 2 aliphatic rings. The fourth-order valence-electron chi connectivity index (χ4n) is 1.59. The van der Waals surface area contributed by atoms with E-state index in [0.29, 0.717) is 6.61 Å². The molecular weight excluding hydrogens is 144 g/mol. The predicted octanol–water partition coefficient (Wildman–Crippen LogP) is 0.664. The first kappa shape index (κ1) is 7.53. The summed E-state index contributed by atoms with van der Waals surface area (Å²) in [4.78, 5) is 0. The van der Waals surface area contributed by atoms with Crippen LogP contribution in [0.15, 0.2) is 0 Å². The highest BCUT2D eigenvalue weighted by molar-refractivity contribution is 4.99. The molecule has 0 bridgehead atoms. The average molecular weight is 158 g/mol. The molecule has 1 saturated carbocycles. The van der Waals surface area contributed by atoms with E-state index in [1.165, 1.54) is 12.8 Å². The Hall–Kier alpha value is -0.120. The van der Waals surface area contributed by atoms with Gasteiger partial charge in [-0.05, 0) is 19.3 Å². The standard InChI is InChI=1S/C8H14O3/c9-5-6-10-7-1-2-8(11-7)3-4-8/h7,9H,1-6H2. The van der Waals surface area contributed by atoms with E-state index in [9.17, 15) is 0 Å². The third-order valence-electron chi connectivity index (χ3n) is 2.42. The summed E-state index contributed by atoms with van der Waals surface area (Å²) in [5.41, 5.74) is 0.208. The van der Waals surface area contributed by atoms with E-state index >= 15 is 0 Å². The lowest BCUT2D eigenvalue weighted by Gasteiger charge is -2.11. The summed E-state index contributed by atoms with van der Waals surface area (Å²) in [6.07, 6.45) is 4.51. The maximum Gasteiger partial charge on any atom is 0.158 e. The van der Waals surface area contributed by atoms with Crippen molar-refractivity contribution in [3.05, 3.63) is 0 Å². The predicted molar refractivity (Wildman–Crippen MR) is 39.1 cm³/mol. The van der Waals surface area contributed by atoms with Gasteiger partial charge >= 0.3 is 0 Å². The lowest BCUT2D eigenvalue weighted by molar-refractivity contribution is -0.145. The molecule has 0 radical (unpaired) electrons. The highest BCUT2D eigenvalue weighted by atomic mass is 16.7. The Morgan fingerprint density at radius 1 is 1.45 bits per heavy atom. The van der Waals surface area contributed by atoms with Gasteiger partial charge in [-0.15, -0.1) is 0 Å². The Morgan fingerprint density at radius 3 is 2.82 bits per heavy atom. The second-order valence-corrected chi connectivity index (χ2v) is 3.36. The SMILES string of the molecule is OCCOC1CCC2(CC2)O1. The minimum atomic E-state index is -0.0374. The molecule has 1 saturated heterocycles. The zero-order valence-electron chi connectivity index (χ0n) is 6.58. The van der Waals surface area contributed by atoms with Crippen molar-refractivity contribution in [2.45, 2.75) is 37.6 Å². The number of aliphatic hydroxyl groups is 1. The maximum absolute atomic E-state index is 8.49. The minimum absolute atomic E-state index is 0.0374. The molecule has 1 N–H and O–H groups in total. The molecule has 0 aromatic heterocycles. The van der Waals surface area contributed by atoms with Crippen LogP contribution in [0.1, 0.15) is 25.7 Å². The average Bonchev–Trinajstić information content (AvgIpc) is 2.61. The van der Waals surface area contributed by atoms with Crippen molar-refractivity contribution in [2.75, 3.05) is 13.2 Å². The minimum Gasteiger partial charge on any atom is -0.394 e. The first-order chi connectivity index (χ1) is 5.35. The maximum atomic E-state index is 8.49. The van der Waals surface area contributed by atoms with Crippen molar-refractivity contribution in [2.24, 2.45) is 0 Å². The Bertz CT molecular complexity index is 142. The summed E-state index contributed by atoms with van der Waals surface area (Å²) in [5.74, 6) is 0. The zero-order chi connectivity index (χ0) is 7.73. The number of hydrogen-bond donors (Lipinski definition) is 1. The molecule has 1 aliphatic heterocycles. The first-order valence-electron chi connectivity index (χ1n) is 4.25. The van der Waals surface area contributed by atoms with Crippen LogP contribution in [0.2, 0.25) is 0 Å². The lowest BCUT2D eigenvalue weighted by Crippen LogP contribution is -2.16. The monoisotopic (exact) mass is 158 g/mol. The molecule has 11 heavy (non-hydrogen) atoms. The summed E-state index contributed by atoms with van der Waals surface area (Å²) in [6, 6.07) is 0. The van der Waals surface area contributed by atoms with Gasteiger partial charge in [-0.3, -0.25) is 0 Å². The van der Waals surface area contributed by atoms with Crippen LogP contribution in [-0.2, 0) is 9.47 Å². The summed E-state index contributed by atoms with van der Waals surface area (Å²) < 4.78 is 10.9. The van der Waals surface area contributed by atoms with Gasteiger partial charge in [0.1, 0.15) is 0 Å². The van der Waals surface area contributed by atoms with E-state index < -0.39 is 0 Å². The van der Waals surface area contributed by atoms with Crippen molar-refractivity contribution >= 4 is 0 Å². The van der Waals surface area contributed by atoms with Crippen LogP contribution in [0, 0.1) is 0 Å². The molecule has 2 rings (SSSR count). The number of ether oxygens (including phenoxy) is 2. The van der Waals surface area contributed by atoms with Crippen molar-refractivity contribution in [3.63, 3.8) is 0 Å². The van der Waals surface area contributed by atoms with Crippen molar-refractivity contribution in [1.29, 1.82) is 0 Å². The second-order valence-electron chi connectivity index (χ2n) is 3.36. The summed E-state index contributed by atoms with van der Waals surface area (Å²) in [7, 11) is 0. The normalized spacial score (nSPS) is 33.0. The molecule has 3 nitrogen and oxygen atoms in total. The molecule has 0 aromatic carbocycles. The summed E-state index contributed by atoms with van der Waals surface area (Å²) in [6.45, 7) is 0.494. The quantitative estimate of drug-likeness (QED) is 0.656. The molecule has 1 unspecified atom stereocenters. The van der Waals surface area contributed by atoms with Crippen LogP contribution in [-0.4, -0.2) is 30.2 Å². The molecule has 0 amide bonds. The van der Waals surface area contributed by atoms with Gasteiger partial charge in [0.25, 0.3) is 0 Å². The van der Waals surface area contributed by atoms with E-state index in [1.807, 2.05) is 0 Å². The van der Waals surface area contributed by atoms with Gasteiger partial charge in [0.15, 0.2) is 6.29 Å². The van der Waals surface area contributed by atoms with Gasteiger partial charge in [-0.25, -0.2) is 0 Å². The van der Waals surface area contributed by atoms with Gasteiger partial charge in [-0.2, -0.15) is 0 Å². The van der Waals surface area contributed by atoms with Crippen LogP contribution in [0.4, 0.5) is 0 Å². The number of hydrogen-bond acceptors (Lipinski definition) is 3. The Morgan fingerprint density at radius 2 is 2.27 bits per heavy atom. The first-order valence-corrected chi connectivity index (χ1v) is 4.25. The van der Waals surface area contributed by atoms with Crippen LogP contribution in [0.3, 0.4) is 0 Å². The van der Waals surface area contributed by atoms with Gasteiger partial charge in [-0.1, -0.05) is 0 Å². The topological polar surface area (TPSA) is 38.7 Å². The lowest BCUT2D eigenvalue weighted by atomic mass is 10.2. The fraction of sp³-hybridized carbons (Fsp3) is 1.00. The van der Waals surface area contributed by atoms with Crippen LogP contribution >= 0.6 is 0 Å². The van der Waals surface area contributed by atoms with Crippen molar-refractivity contribution < 1.29 is 14.6 Å². The highest BCUT2D eigenvalue weighted by Gasteiger charge is 2.50. The Kier molecular flexibility index (Phi) is 1.87. The van der Waals surface area contributed by atoms with Crippen molar-refractivity contribution in [3.8, 4) is 0 Å². The summed E-state index contributed by atoms with van der Waals surface area (Å²) in [5, 5.41) is 8.49. The zero-order valence-corrected chi connectivity index (χ0v) is 6.58. The molecule has 1 heterocycles. The summed E-state index contributed by atoms with van der Waals surface area (Å²) >= 11 is 0. The van der Waals surface area contributed by atoms with E-state index in [-0.39, 0.29) is 18.5 Å². The van der Waals surface area contributed by atoms with Gasteiger partial charge in [0.2, 0.25) is 0 Å². The van der Waals surface area contributed by atoms with Crippen LogP contribution in [0.25, 0.3) is 0 Å². The third kappa shape index (κ3) is 1.55. The van der Waals surface area contributed by atoms with Gasteiger partial charge < -0.3 is 14.6 Å². The molecule has 1 spiro atoms. The van der Waals surface area contributed by atoms with Crippen LogP contribution < -0.4 is 0 Å². The van der Waals surface area contributed by atoms with Crippen molar-refractivity contribution in [1.82, 2.24) is 0 Å². The van der Waals surface area contributed by atoms with Gasteiger partial charge in [0, 0.05) is 6.42 Å². The molecule has 64 valence electrons. The van der Waals surface area contributed by atoms with Crippen LogP contribution in [0.5, 0.6) is 0 Å². The largest absolute Gasteiger partial charge is 0.394 e. The second kappa shape index (κ2) is 2.73. The third-order valence-corrected chi connectivity index (χ3v) is 2.42. The molecule has 0 aromatic rings. The Balaban J connectivity index is 1.72. The fourth-order valence-corrected chi connectivity index (χ4v) is 1.59. The molecule has 2 fully saturated rings. The van der Waals surface area contributed by atoms with E-state index in [1.54, 1.807) is 0 Å². The highest BCUT2D eigenvalue weighted by Crippen LogP contribution is 2.49. The molecule has 3 heteroatoms. The smallest absolute Gasteiger partial charge is 0.158 e.